The first-order valence-corrected chi connectivity index (χ1v) is 7.57. The van der Waals surface area contributed by atoms with Crippen molar-refractivity contribution in [3.8, 4) is 0 Å². The van der Waals surface area contributed by atoms with E-state index >= 15 is 0 Å². The van der Waals surface area contributed by atoms with Gasteiger partial charge in [-0.25, -0.2) is 8.42 Å². The summed E-state index contributed by atoms with van der Waals surface area (Å²) in [6, 6.07) is 7.24. The fraction of sp³-hybridized carbons (Fsp3) is 0.538. The highest BCUT2D eigenvalue weighted by atomic mass is 32.2. The van der Waals surface area contributed by atoms with Crippen LogP contribution in [0.25, 0.3) is 0 Å². The Bertz CT molecular complexity index is 435. The van der Waals surface area contributed by atoms with E-state index in [0.29, 0.717) is 17.4 Å². The number of sulfone groups is 1. The molecule has 0 fully saturated rings. The van der Waals surface area contributed by atoms with Gasteiger partial charge in [0.2, 0.25) is 0 Å². The molecule has 0 saturated carbocycles. The van der Waals surface area contributed by atoms with Crippen molar-refractivity contribution in [1.29, 1.82) is 0 Å². The van der Waals surface area contributed by atoms with Gasteiger partial charge in [0.25, 0.3) is 0 Å². The third-order valence-corrected chi connectivity index (χ3v) is 4.28. The molecule has 0 heterocycles. The normalized spacial score (nSPS) is 12.0. The summed E-state index contributed by atoms with van der Waals surface area (Å²) in [6.45, 7) is 4.78. The summed E-state index contributed by atoms with van der Waals surface area (Å²) in [6.07, 6.45) is 0.983. The molecule has 1 aromatic carbocycles. The van der Waals surface area contributed by atoms with Crippen LogP contribution in [0.1, 0.15) is 19.4 Å². The monoisotopic (exact) mass is 255 g/mol. The van der Waals surface area contributed by atoms with E-state index < -0.39 is 9.84 Å². The van der Waals surface area contributed by atoms with E-state index in [9.17, 15) is 8.42 Å². The standard InChI is InChI=1S/C13H21NO2S/c1-11(2)10-12-4-6-13(7-5-12)17(15,16)9-8-14-3/h4-7,11,14H,8-10H2,1-3H3. The molecule has 0 aliphatic rings. The molecule has 17 heavy (non-hydrogen) atoms. The quantitative estimate of drug-likeness (QED) is 0.844. The first-order valence-electron chi connectivity index (χ1n) is 5.92. The third-order valence-electron chi connectivity index (χ3n) is 2.55. The predicted octanol–water partition coefficient (Wildman–Crippen LogP) is 1.88. The maximum Gasteiger partial charge on any atom is 0.179 e. The van der Waals surface area contributed by atoms with Gasteiger partial charge in [-0.1, -0.05) is 26.0 Å². The molecule has 96 valence electrons. The predicted molar refractivity (Wildman–Crippen MR) is 71.0 cm³/mol. The molecule has 0 spiro atoms. The van der Waals surface area contributed by atoms with Gasteiger partial charge in [-0.3, -0.25) is 0 Å². The zero-order valence-electron chi connectivity index (χ0n) is 10.7. The summed E-state index contributed by atoms with van der Waals surface area (Å²) in [5, 5.41) is 2.85. The SMILES string of the molecule is CNCCS(=O)(=O)c1ccc(CC(C)C)cc1. The summed E-state index contributed by atoms with van der Waals surface area (Å²) in [7, 11) is -1.38. The Morgan fingerprint density at radius 3 is 2.24 bits per heavy atom. The van der Waals surface area contributed by atoms with Crippen molar-refractivity contribution in [2.24, 2.45) is 5.92 Å². The third kappa shape index (κ3) is 4.48. The Kier molecular flexibility index (Phi) is 5.15. The molecular weight excluding hydrogens is 234 g/mol. The molecule has 0 radical (unpaired) electrons. The van der Waals surface area contributed by atoms with Crippen LogP contribution in [0.5, 0.6) is 0 Å². The summed E-state index contributed by atoms with van der Waals surface area (Å²) in [5.41, 5.74) is 1.19. The van der Waals surface area contributed by atoms with Crippen LogP contribution in [0, 0.1) is 5.92 Å². The molecule has 0 amide bonds. The van der Waals surface area contributed by atoms with Crippen LogP contribution < -0.4 is 5.32 Å². The van der Waals surface area contributed by atoms with Gasteiger partial charge in [0.05, 0.1) is 10.6 Å². The average Bonchev–Trinajstić information content (AvgIpc) is 2.26. The molecule has 0 aliphatic carbocycles. The van der Waals surface area contributed by atoms with Gasteiger partial charge in [-0.05, 0) is 37.1 Å². The van der Waals surface area contributed by atoms with Gasteiger partial charge < -0.3 is 5.32 Å². The summed E-state index contributed by atoms with van der Waals surface area (Å²) in [4.78, 5) is 0.417. The van der Waals surface area contributed by atoms with Crippen molar-refractivity contribution < 1.29 is 8.42 Å². The lowest BCUT2D eigenvalue weighted by Crippen LogP contribution is -2.19. The van der Waals surface area contributed by atoms with Crippen LogP contribution in [-0.2, 0) is 16.3 Å². The Balaban J connectivity index is 2.80. The average molecular weight is 255 g/mol. The smallest absolute Gasteiger partial charge is 0.179 e. The molecule has 0 saturated heterocycles. The minimum Gasteiger partial charge on any atom is -0.319 e. The highest BCUT2D eigenvalue weighted by Gasteiger charge is 2.13. The Hall–Kier alpha value is -0.870. The van der Waals surface area contributed by atoms with E-state index in [4.69, 9.17) is 0 Å². The first kappa shape index (κ1) is 14.2. The van der Waals surface area contributed by atoms with Gasteiger partial charge >= 0.3 is 0 Å². The van der Waals surface area contributed by atoms with E-state index in [1.807, 2.05) is 12.1 Å². The fourth-order valence-electron chi connectivity index (χ4n) is 1.66. The zero-order valence-corrected chi connectivity index (χ0v) is 11.5. The van der Waals surface area contributed by atoms with Gasteiger partial charge in [-0.15, -0.1) is 0 Å². The maximum atomic E-state index is 11.9. The van der Waals surface area contributed by atoms with Gasteiger partial charge in [-0.2, -0.15) is 0 Å². The zero-order chi connectivity index (χ0) is 12.9. The molecule has 1 aromatic rings. The highest BCUT2D eigenvalue weighted by molar-refractivity contribution is 7.91. The maximum absolute atomic E-state index is 11.9. The second-order valence-electron chi connectivity index (χ2n) is 4.66. The fourth-order valence-corrected chi connectivity index (χ4v) is 2.92. The lowest BCUT2D eigenvalue weighted by Gasteiger charge is -2.07. The van der Waals surface area contributed by atoms with Crippen molar-refractivity contribution in [3.63, 3.8) is 0 Å². The van der Waals surface area contributed by atoms with E-state index in [-0.39, 0.29) is 5.75 Å². The van der Waals surface area contributed by atoms with Crippen molar-refractivity contribution >= 4 is 9.84 Å². The topological polar surface area (TPSA) is 46.2 Å². The van der Waals surface area contributed by atoms with Gasteiger partial charge in [0.15, 0.2) is 9.84 Å². The number of rotatable bonds is 6. The second-order valence-corrected chi connectivity index (χ2v) is 6.77. The molecule has 0 aliphatic heterocycles. The first-order chi connectivity index (χ1) is 7.95. The molecule has 0 atom stereocenters. The molecular formula is C13H21NO2S. The lowest BCUT2D eigenvalue weighted by atomic mass is 10.0. The molecule has 1 N–H and O–H groups in total. The van der Waals surface area contributed by atoms with Crippen LogP contribution >= 0.6 is 0 Å². The van der Waals surface area contributed by atoms with Crippen molar-refractivity contribution in [3.05, 3.63) is 29.8 Å². The highest BCUT2D eigenvalue weighted by Crippen LogP contribution is 2.14. The van der Waals surface area contributed by atoms with Gasteiger partial charge in [0, 0.05) is 6.54 Å². The Morgan fingerprint density at radius 2 is 1.76 bits per heavy atom. The molecule has 4 heteroatoms. The van der Waals surface area contributed by atoms with Crippen molar-refractivity contribution in [2.75, 3.05) is 19.3 Å². The van der Waals surface area contributed by atoms with Crippen LogP contribution in [-0.4, -0.2) is 27.8 Å². The van der Waals surface area contributed by atoms with E-state index in [1.54, 1.807) is 19.2 Å². The summed E-state index contributed by atoms with van der Waals surface area (Å²) in [5.74, 6) is 0.731. The van der Waals surface area contributed by atoms with Gasteiger partial charge in [0.1, 0.15) is 0 Å². The number of hydrogen-bond donors (Lipinski definition) is 1. The lowest BCUT2D eigenvalue weighted by molar-refractivity contribution is 0.593. The minimum absolute atomic E-state index is 0.146. The summed E-state index contributed by atoms with van der Waals surface area (Å²) >= 11 is 0. The number of nitrogens with one attached hydrogen (secondary N) is 1. The van der Waals surface area contributed by atoms with E-state index in [0.717, 1.165) is 6.42 Å². The van der Waals surface area contributed by atoms with Crippen molar-refractivity contribution in [1.82, 2.24) is 5.32 Å². The molecule has 1 rings (SSSR count). The largest absolute Gasteiger partial charge is 0.319 e. The molecule has 0 unspecified atom stereocenters. The van der Waals surface area contributed by atoms with Crippen LogP contribution in [0.3, 0.4) is 0 Å². The number of benzene rings is 1. The van der Waals surface area contributed by atoms with E-state index in [1.165, 1.54) is 5.56 Å². The molecule has 3 nitrogen and oxygen atoms in total. The van der Waals surface area contributed by atoms with Crippen LogP contribution in [0.4, 0.5) is 0 Å². The van der Waals surface area contributed by atoms with Crippen LogP contribution in [0.15, 0.2) is 29.2 Å². The second kappa shape index (κ2) is 6.17. The molecule has 0 aromatic heterocycles. The molecule has 0 bridgehead atoms. The number of hydrogen-bond acceptors (Lipinski definition) is 3. The van der Waals surface area contributed by atoms with E-state index in [2.05, 4.69) is 19.2 Å². The van der Waals surface area contributed by atoms with Crippen LogP contribution in [0.2, 0.25) is 0 Å². The Morgan fingerprint density at radius 1 is 1.18 bits per heavy atom. The van der Waals surface area contributed by atoms with Crippen molar-refractivity contribution in [2.45, 2.75) is 25.2 Å². The summed E-state index contributed by atoms with van der Waals surface area (Å²) < 4.78 is 23.8. The Labute approximate surface area is 104 Å². The minimum atomic E-state index is -3.13.